The molecule has 1 saturated carbocycles. The van der Waals surface area contributed by atoms with Crippen LogP contribution in [0, 0.1) is 17.3 Å². The van der Waals surface area contributed by atoms with Crippen molar-refractivity contribution in [3.05, 3.63) is 0 Å². The van der Waals surface area contributed by atoms with Crippen LogP contribution in [0.5, 0.6) is 0 Å². The summed E-state index contributed by atoms with van der Waals surface area (Å²) >= 11 is 0. The zero-order valence-electron chi connectivity index (χ0n) is 10.2. The maximum atomic E-state index is 11.6. The fraction of sp³-hybridized carbons (Fsp3) is 0.923. The summed E-state index contributed by atoms with van der Waals surface area (Å²) in [5, 5.41) is 3.21. The van der Waals surface area contributed by atoms with Gasteiger partial charge in [-0.25, -0.2) is 0 Å². The van der Waals surface area contributed by atoms with Gasteiger partial charge in [0.15, 0.2) is 0 Å². The molecule has 3 unspecified atom stereocenters. The molecule has 1 aliphatic carbocycles. The third-order valence-electron chi connectivity index (χ3n) is 4.49. The lowest BCUT2D eigenvalue weighted by Gasteiger charge is -2.35. The van der Waals surface area contributed by atoms with Gasteiger partial charge in [-0.3, -0.25) is 4.79 Å². The highest BCUT2D eigenvalue weighted by molar-refractivity contribution is 5.80. The molecule has 1 saturated heterocycles. The largest absolute Gasteiger partial charge is 0.353 e. The third-order valence-corrected chi connectivity index (χ3v) is 4.49. The van der Waals surface area contributed by atoms with Crippen molar-refractivity contribution in [2.24, 2.45) is 17.3 Å². The van der Waals surface area contributed by atoms with E-state index in [-0.39, 0.29) is 5.91 Å². The van der Waals surface area contributed by atoms with Crippen LogP contribution in [0.2, 0.25) is 0 Å². The SMILES string of the molecule is CC(C)CC1NC(=O)CC12CCCC2C. The van der Waals surface area contributed by atoms with Gasteiger partial charge in [-0.15, -0.1) is 0 Å². The van der Waals surface area contributed by atoms with Gasteiger partial charge < -0.3 is 5.32 Å². The first kappa shape index (κ1) is 11.0. The highest BCUT2D eigenvalue weighted by Gasteiger charge is 2.52. The van der Waals surface area contributed by atoms with Gasteiger partial charge in [0.25, 0.3) is 0 Å². The van der Waals surface area contributed by atoms with Crippen LogP contribution in [-0.2, 0) is 4.79 Å². The minimum Gasteiger partial charge on any atom is -0.353 e. The number of carbonyl (C=O) groups is 1. The van der Waals surface area contributed by atoms with Crippen LogP contribution in [0.1, 0.15) is 52.9 Å². The van der Waals surface area contributed by atoms with Crippen LogP contribution >= 0.6 is 0 Å². The van der Waals surface area contributed by atoms with Crippen molar-refractivity contribution < 1.29 is 4.79 Å². The molecule has 15 heavy (non-hydrogen) atoms. The fourth-order valence-corrected chi connectivity index (χ4v) is 3.63. The molecular formula is C13H23NO. The Hall–Kier alpha value is -0.530. The van der Waals surface area contributed by atoms with E-state index < -0.39 is 0 Å². The van der Waals surface area contributed by atoms with Gasteiger partial charge in [0.2, 0.25) is 5.91 Å². The molecule has 1 aliphatic heterocycles. The maximum Gasteiger partial charge on any atom is 0.220 e. The summed E-state index contributed by atoms with van der Waals surface area (Å²) in [6.07, 6.45) is 5.81. The van der Waals surface area contributed by atoms with Crippen LogP contribution in [0.25, 0.3) is 0 Å². The Morgan fingerprint density at radius 2 is 2.27 bits per heavy atom. The van der Waals surface area contributed by atoms with E-state index >= 15 is 0 Å². The molecule has 2 aliphatic rings. The molecule has 0 bridgehead atoms. The molecule has 1 spiro atoms. The average Bonchev–Trinajstić information content (AvgIpc) is 2.60. The van der Waals surface area contributed by atoms with Crippen molar-refractivity contribution in [1.82, 2.24) is 5.32 Å². The monoisotopic (exact) mass is 209 g/mol. The normalized spacial score (nSPS) is 40.4. The van der Waals surface area contributed by atoms with Gasteiger partial charge in [0, 0.05) is 17.9 Å². The Balaban J connectivity index is 2.17. The summed E-state index contributed by atoms with van der Waals surface area (Å²) in [6.45, 7) is 6.83. The van der Waals surface area contributed by atoms with E-state index in [1.807, 2.05) is 0 Å². The van der Waals surface area contributed by atoms with E-state index in [4.69, 9.17) is 0 Å². The molecule has 1 amide bonds. The summed E-state index contributed by atoms with van der Waals surface area (Å²) < 4.78 is 0. The van der Waals surface area contributed by atoms with Gasteiger partial charge in [0.05, 0.1) is 0 Å². The zero-order valence-corrected chi connectivity index (χ0v) is 10.2. The summed E-state index contributed by atoms with van der Waals surface area (Å²) in [6, 6.07) is 0.447. The quantitative estimate of drug-likeness (QED) is 0.744. The molecule has 2 rings (SSSR count). The number of hydrogen-bond donors (Lipinski definition) is 1. The highest BCUT2D eigenvalue weighted by atomic mass is 16.2. The summed E-state index contributed by atoms with van der Waals surface area (Å²) in [5.41, 5.74) is 0.307. The van der Waals surface area contributed by atoms with E-state index in [0.29, 0.717) is 17.4 Å². The predicted molar refractivity (Wildman–Crippen MR) is 61.5 cm³/mol. The number of amides is 1. The molecule has 3 atom stereocenters. The van der Waals surface area contributed by atoms with Gasteiger partial charge in [-0.1, -0.05) is 33.6 Å². The van der Waals surface area contributed by atoms with Crippen LogP contribution in [0.4, 0.5) is 0 Å². The van der Waals surface area contributed by atoms with Gasteiger partial charge in [-0.2, -0.15) is 0 Å². The Kier molecular flexibility index (Phi) is 2.78. The standard InChI is InChI=1S/C13H23NO/c1-9(2)7-11-13(8-12(15)14-11)6-4-5-10(13)3/h9-11H,4-8H2,1-3H3,(H,14,15). The van der Waals surface area contributed by atoms with Crippen molar-refractivity contribution >= 4 is 5.91 Å². The highest BCUT2D eigenvalue weighted by Crippen LogP contribution is 2.52. The van der Waals surface area contributed by atoms with Crippen molar-refractivity contribution in [2.45, 2.75) is 58.9 Å². The van der Waals surface area contributed by atoms with E-state index in [0.717, 1.165) is 18.8 Å². The first-order chi connectivity index (χ1) is 7.04. The van der Waals surface area contributed by atoms with Crippen molar-refractivity contribution in [3.8, 4) is 0 Å². The van der Waals surface area contributed by atoms with Crippen molar-refractivity contribution in [3.63, 3.8) is 0 Å². The van der Waals surface area contributed by atoms with Gasteiger partial charge in [-0.05, 0) is 24.7 Å². The number of nitrogens with one attached hydrogen (secondary N) is 1. The molecule has 0 aromatic rings. The van der Waals surface area contributed by atoms with E-state index in [1.54, 1.807) is 0 Å². The first-order valence-corrected chi connectivity index (χ1v) is 6.34. The van der Waals surface area contributed by atoms with E-state index in [9.17, 15) is 4.79 Å². The Bertz CT molecular complexity index is 261. The number of rotatable bonds is 2. The van der Waals surface area contributed by atoms with E-state index in [2.05, 4.69) is 26.1 Å². The Morgan fingerprint density at radius 3 is 2.80 bits per heavy atom. The van der Waals surface area contributed by atoms with E-state index in [1.165, 1.54) is 19.3 Å². The smallest absolute Gasteiger partial charge is 0.220 e. The molecule has 2 fully saturated rings. The molecule has 2 heteroatoms. The number of hydrogen-bond acceptors (Lipinski definition) is 1. The second kappa shape index (κ2) is 3.80. The molecule has 0 aromatic carbocycles. The molecule has 2 nitrogen and oxygen atoms in total. The third kappa shape index (κ3) is 1.79. The van der Waals surface area contributed by atoms with Crippen LogP contribution in [-0.4, -0.2) is 11.9 Å². The average molecular weight is 209 g/mol. The molecule has 86 valence electrons. The zero-order chi connectivity index (χ0) is 11.1. The Morgan fingerprint density at radius 1 is 1.53 bits per heavy atom. The predicted octanol–water partition coefficient (Wildman–Crippen LogP) is 2.73. The maximum absolute atomic E-state index is 11.6. The summed E-state index contributed by atoms with van der Waals surface area (Å²) in [4.78, 5) is 11.6. The number of carbonyl (C=O) groups excluding carboxylic acids is 1. The molecule has 1 heterocycles. The lowest BCUT2D eigenvalue weighted by Crippen LogP contribution is -2.39. The lowest BCUT2D eigenvalue weighted by molar-refractivity contribution is -0.119. The van der Waals surface area contributed by atoms with Crippen molar-refractivity contribution in [2.75, 3.05) is 0 Å². The van der Waals surface area contributed by atoms with Gasteiger partial charge >= 0.3 is 0 Å². The molecule has 1 N–H and O–H groups in total. The van der Waals surface area contributed by atoms with Crippen LogP contribution in [0.3, 0.4) is 0 Å². The lowest BCUT2D eigenvalue weighted by atomic mass is 9.70. The Labute approximate surface area is 92.8 Å². The molecule has 0 radical (unpaired) electrons. The summed E-state index contributed by atoms with van der Waals surface area (Å²) in [5.74, 6) is 1.69. The topological polar surface area (TPSA) is 29.1 Å². The minimum atomic E-state index is 0.286. The summed E-state index contributed by atoms with van der Waals surface area (Å²) in [7, 11) is 0. The second-order valence-electron chi connectivity index (χ2n) is 5.95. The first-order valence-electron chi connectivity index (χ1n) is 6.34. The van der Waals surface area contributed by atoms with Crippen LogP contribution < -0.4 is 5.32 Å². The van der Waals surface area contributed by atoms with Gasteiger partial charge in [0.1, 0.15) is 0 Å². The fourth-order valence-electron chi connectivity index (χ4n) is 3.63. The minimum absolute atomic E-state index is 0.286. The molecular weight excluding hydrogens is 186 g/mol. The van der Waals surface area contributed by atoms with Crippen LogP contribution in [0.15, 0.2) is 0 Å². The molecule has 0 aromatic heterocycles. The van der Waals surface area contributed by atoms with Crippen molar-refractivity contribution in [1.29, 1.82) is 0 Å². The second-order valence-corrected chi connectivity index (χ2v) is 5.95.